The van der Waals surface area contributed by atoms with Gasteiger partial charge in [0.1, 0.15) is 0 Å². The maximum atomic E-state index is 12.7. The van der Waals surface area contributed by atoms with E-state index < -0.39 is 24.3 Å². The second kappa shape index (κ2) is 4.13. The Kier molecular flexibility index (Phi) is 3.28. The van der Waals surface area contributed by atoms with Crippen molar-refractivity contribution in [2.75, 3.05) is 0 Å². The smallest absolute Gasteiger partial charge is 0.332 e. The highest BCUT2D eigenvalue weighted by Gasteiger charge is 2.48. The zero-order valence-electron chi connectivity index (χ0n) is 7.75. The lowest BCUT2D eigenvalue weighted by Crippen LogP contribution is -2.24. The third-order valence-corrected chi connectivity index (χ3v) is 1.77. The van der Waals surface area contributed by atoms with Crippen LogP contribution in [0.5, 0.6) is 0 Å². The molecule has 0 radical (unpaired) electrons. The Morgan fingerprint density at radius 1 is 1.47 bits per heavy atom. The molecule has 0 fully saturated rings. The van der Waals surface area contributed by atoms with E-state index in [2.05, 4.69) is 14.7 Å². The molecule has 1 unspecified atom stereocenters. The van der Waals surface area contributed by atoms with Crippen LogP contribution in [0.4, 0.5) is 17.6 Å². The van der Waals surface area contributed by atoms with Gasteiger partial charge in [-0.3, -0.25) is 0 Å². The summed E-state index contributed by atoms with van der Waals surface area (Å²) in [5.74, 6) is -6.04. The van der Waals surface area contributed by atoms with Gasteiger partial charge in [0.15, 0.2) is 5.82 Å². The normalized spacial score (nSPS) is 14.6. The summed E-state index contributed by atoms with van der Waals surface area (Å²) in [4.78, 5) is 3.14. The molecule has 15 heavy (non-hydrogen) atoms. The van der Waals surface area contributed by atoms with Crippen molar-refractivity contribution in [3.05, 3.63) is 11.7 Å². The zero-order valence-corrected chi connectivity index (χ0v) is 7.75. The van der Waals surface area contributed by atoms with Crippen molar-refractivity contribution in [1.82, 2.24) is 10.1 Å². The standard InChI is InChI=1S/C7H9F4N3O/c1-2-3(12)4-13-6(15-14-4)7(10,11)5(8)9/h3,5H,2,12H2,1H3. The predicted molar refractivity (Wildman–Crippen MR) is 41.4 cm³/mol. The average molecular weight is 227 g/mol. The van der Waals surface area contributed by atoms with Crippen LogP contribution in [0.3, 0.4) is 0 Å². The molecule has 8 heteroatoms. The minimum absolute atomic E-state index is 0.201. The summed E-state index contributed by atoms with van der Waals surface area (Å²) in [5, 5.41) is 3.11. The zero-order chi connectivity index (χ0) is 11.6. The molecular formula is C7H9F4N3O. The lowest BCUT2D eigenvalue weighted by Gasteiger charge is -2.08. The predicted octanol–water partition coefficient (Wildman–Crippen LogP) is 1.84. The quantitative estimate of drug-likeness (QED) is 0.797. The van der Waals surface area contributed by atoms with Crippen LogP contribution < -0.4 is 5.73 Å². The summed E-state index contributed by atoms with van der Waals surface area (Å²) in [6.07, 6.45) is -3.50. The molecule has 86 valence electrons. The van der Waals surface area contributed by atoms with E-state index in [-0.39, 0.29) is 5.82 Å². The van der Waals surface area contributed by atoms with Crippen molar-refractivity contribution in [2.24, 2.45) is 5.73 Å². The summed E-state index contributed by atoms with van der Waals surface area (Å²) in [6, 6.07) is -0.698. The van der Waals surface area contributed by atoms with Crippen LogP contribution >= 0.6 is 0 Å². The van der Waals surface area contributed by atoms with Crippen molar-refractivity contribution in [3.8, 4) is 0 Å². The molecular weight excluding hydrogens is 218 g/mol. The van der Waals surface area contributed by atoms with E-state index in [1.54, 1.807) is 6.92 Å². The van der Waals surface area contributed by atoms with E-state index in [9.17, 15) is 17.6 Å². The van der Waals surface area contributed by atoms with Crippen LogP contribution in [-0.2, 0) is 5.92 Å². The molecule has 0 aliphatic rings. The van der Waals surface area contributed by atoms with Crippen LogP contribution in [0.15, 0.2) is 4.52 Å². The first-order valence-corrected chi connectivity index (χ1v) is 4.15. The van der Waals surface area contributed by atoms with Crippen molar-refractivity contribution in [1.29, 1.82) is 0 Å². The van der Waals surface area contributed by atoms with Crippen LogP contribution in [0, 0.1) is 0 Å². The lowest BCUT2D eigenvalue weighted by molar-refractivity contribution is -0.152. The first-order valence-electron chi connectivity index (χ1n) is 4.15. The van der Waals surface area contributed by atoms with Gasteiger partial charge in [0.25, 0.3) is 0 Å². The lowest BCUT2D eigenvalue weighted by atomic mass is 10.2. The summed E-state index contributed by atoms with van der Waals surface area (Å²) in [7, 11) is 0. The Labute approximate surface area is 82.4 Å². The van der Waals surface area contributed by atoms with E-state index in [0.717, 1.165) is 0 Å². The van der Waals surface area contributed by atoms with Gasteiger partial charge in [-0.2, -0.15) is 13.8 Å². The molecule has 0 saturated heterocycles. The van der Waals surface area contributed by atoms with Crippen LogP contribution in [0.1, 0.15) is 31.1 Å². The van der Waals surface area contributed by atoms with Gasteiger partial charge in [-0.15, -0.1) is 0 Å². The molecule has 0 amide bonds. The van der Waals surface area contributed by atoms with Crippen LogP contribution in [0.25, 0.3) is 0 Å². The van der Waals surface area contributed by atoms with E-state index in [4.69, 9.17) is 5.73 Å². The molecule has 0 aliphatic heterocycles. The first-order chi connectivity index (χ1) is 6.89. The van der Waals surface area contributed by atoms with Gasteiger partial charge in [-0.25, -0.2) is 8.78 Å². The fraction of sp³-hybridized carbons (Fsp3) is 0.714. The van der Waals surface area contributed by atoms with Gasteiger partial charge in [-0.05, 0) is 6.42 Å². The first kappa shape index (κ1) is 11.9. The molecule has 1 aromatic rings. The topological polar surface area (TPSA) is 64.9 Å². The number of halogens is 4. The summed E-state index contributed by atoms with van der Waals surface area (Å²) < 4.78 is 53.2. The largest absolute Gasteiger partial charge is 0.383 e. The van der Waals surface area contributed by atoms with Gasteiger partial charge in [0.2, 0.25) is 0 Å². The third kappa shape index (κ3) is 2.25. The Morgan fingerprint density at radius 3 is 2.53 bits per heavy atom. The monoisotopic (exact) mass is 227 g/mol. The summed E-state index contributed by atoms with van der Waals surface area (Å²) >= 11 is 0. The average Bonchev–Trinajstić information content (AvgIpc) is 2.65. The summed E-state index contributed by atoms with van der Waals surface area (Å²) in [6.45, 7) is 1.67. The maximum absolute atomic E-state index is 12.7. The fourth-order valence-electron chi connectivity index (χ4n) is 0.797. The molecule has 1 rings (SSSR count). The van der Waals surface area contributed by atoms with Crippen LogP contribution in [0.2, 0.25) is 0 Å². The Hall–Kier alpha value is -1.18. The second-order valence-electron chi connectivity index (χ2n) is 2.90. The Balaban J connectivity index is 2.93. The molecule has 0 aromatic carbocycles. The molecule has 1 atom stereocenters. The molecule has 4 nitrogen and oxygen atoms in total. The molecule has 1 heterocycles. The molecule has 0 saturated carbocycles. The molecule has 0 bridgehead atoms. The fourth-order valence-corrected chi connectivity index (χ4v) is 0.797. The SMILES string of the molecule is CCC(N)c1noc(C(F)(F)C(F)F)n1. The van der Waals surface area contributed by atoms with Gasteiger partial charge in [0.05, 0.1) is 6.04 Å². The molecule has 2 N–H and O–H groups in total. The number of aromatic nitrogens is 2. The number of alkyl halides is 4. The van der Waals surface area contributed by atoms with E-state index in [0.29, 0.717) is 6.42 Å². The second-order valence-corrected chi connectivity index (χ2v) is 2.90. The third-order valence-electron chi connectivity index (χ3n) is 1.77. The summed E-state index contributed by atoms with van der Waals surface area (Å²) in [5.41, 5.74) is 5.41. The highest BCUT2D eigenvalue weighted by molar-refractivity contribution is 4.98. The number of rotatable bonds is 4. The van der Waals surface area contributed by atoms with E-state index in [1.165, 1.54) is 0 Å². The minimum Gasteiger partial charge on any atom is -0.332 e. The molecule has 1 aromatic heterocycles. The van der Waals surface area contributed by atoms with Gasteiger partial charge < -0.3 is 10.3 Å². The number of hydrogen-bond acceptors (Lipinski definition) is 4. The van der Waals surface area contributed by atoms with Gasteiger partial charge >= 0.3 is 18.2 Å². The van der Waals surface area contributed by atoms with Gasteiger partial charge in [0, 0.05) is 0 Å². The van der Waals surface area contributed by atoms with E-state index in [1.807, 2.05) is 0 Å². The van der Waals surface area contributed by atoms with Crippen molar-refractivity contribution < 1.29 is 22.1 Å². The highest BCUT2D eigenvalue weighted by Crippen LogP contribution is 2.33. The van der Waals surface area contributed by atoms with E-state index >= 15 is 0 Å². The number of nitrogens with zero attached hydrogens (tertiary/aromatic N) is 2. The minimum atomic E-state index is -4.43. The number of nitrogens with two attached hydrogens (primary N) is 1. The highest BCUT2D eigenvalue weighted by atomic mass is 19.3. The molecule has 0 aliphatic carbocycles. The Morgan fingerprint density at radius 2 is 2.07 bits per heavy atom. The van der Waals surface area contributed by atoms with Crippen LogP contribution in [-0.4, -0.2) is 16.6 Å². The Bertz CT molecular complexity index is 328. The van der Waals surface area contributed by atoms with Crippen molar-refractivity contribution >= 4 is 0 Å². The molecule has 0 spiro atoms. The maximum Gasteiger partial charge on any atom is 0.383 e. The number of hydrogen-bond donors (Lipinski definition) is 1. The van der Waals surface area contributed by atoms with Crippen molar-refractivity contribution in [2.45, 2.75) is 31.7 Å². The van der Waals surface area contributed by atoms with Crippen molar-refractivity contribution in [3.63, 3.8) is 0 Å². The van der Waals surface area contributed by atoms with Gasteiger partial charge in [-0.1, -0.05) is 12.1 Å².